The van der Waals surface area contributed by atoms with Gasteiger partial charge in [0.2, 0.25) is 0 Å². The summed E-state index contributed by atoms with van der Waals surface area (Å²) in [6.45, 7) is 2.08. The van der Waals surface area contributed by atoms with E-state index in [0.717, 1.165) is 11.1 Å². The summed E-state index contributed by atoms with van der Waals surface area (Å²) in [6, 6.07) is 7.28. The van der Waals surface area contributed by atoms with Crippen molar-refractivity contribution in [1.29, 1.82) is 0 Å². The van der Waals surface area contributed by atoms with Gasteiger partial charge in [-0.2, -0.15) is 0 Å². The van der Waals surface area contributed by atoms with Gasteiger partial charge in [0.05, 0.1) is 12.0 Å². The first-order valence-electron chi connectivity index (χ1n) is 6.27. The number of aliphatic carboxylic acids is 1. The first-order valence-corrected chi connectivity index (χ1v) is 6.27. The third kappa shape index (κ3) is 2.84. The Morgan fingerprint density at radius 1 is 1.42 bits per heavy atom. The molecule has 0 heterocycles. The fourth-order valence-corrected chi connectivity index (χ4v) is 2.05. The van der Waals surface area contributed by atoms with E-state index in [-0.39, 0.29) is 0 Å². The summed E-state index contributed by atoms with van der Waals surface area (Å²) in [6.07, 6.45) is 4.34. The van der Waals surface area contributed by atoms with Crippen molar-refractivity contribution < 1.29 is 19.4 Å². The summed E-state index contributed by atoms with van der Waals surface area (Å²) >= 11 is 0. The van der Waals surface area contributed by atoms with Crippen LogP contribution >= 0.6 is 0 Å². The highest BCUT2D eigenvalue weighted by Gasteiger charge is 2.51. The second-order valence-corrected chi connectivity index (χ2v) is 4.60. The van der Waals surface area contributed by atoms with Gasteiger partial charge in [-0.15, -0.1) is 0 Å². The Morgan fingerprint density at radius 2 is 2.16 bits per heavy atom. The highest BCUT2D eigenvalue weighted by molar-refractivity contribution is 5.88. The number of ether oxygens (including phenoxy) is 1. The third-order valence-electron chi connectivity index (χ3n) is 3.30. The van der Waals surface area contributed by atoms with E-state index in [1.807, 2.05) is 24.3 Å². The average Bonchev–Trinajstić information content (AvgIpc) is 3.18. The Morgan fingerprint density at radius 3 is 2.74 bits per heavy atom. The van der Waals surface area contributed by atoms with Gasteiger partial charge in [0, 0.05) is 6.08 Å². The molecule has 0 radical (unpaired) electrons. The van der Waals surface area contributed by atoms with E-state index in [1.165, 1.54) is 6.08 Å². The van der Waals surface area contributed by atoms with Crippen LogP contribution in [0.4, 0.5) is 0 Å². The Labute approximate surface area is 111 Å². The van der Waals surface area contributed by atoms with Crippen LogP contribution < -0.4 is 0 Å². The maximum absolute atomic E-state index is 11.3. The topological polar surface area (TPSA) is 63.6 Å². The highest BCUT2D eigenvalue weighted by Crippen LogP contribution is 2.48. The number of carboxylic acids is 1. The third-order valence-corrected chi connectivity index (χ3v) is 3.30. The number of esters is 1. The van der Waals surface area contributed by atoms with Gasteiger partial charge in [-0.05, 0) is 37.0 Å². The second kappa shape index (κ2) is 5.26. The van der Waals surface area contributed by atoms with Gasteiger partial charge >= 0.3 is 11.9 Å². The van der Waals surface area contributed by atoms with Crippen molar-refractivity contribution in [1.82, 2.24) is 0 Å². The number of carboxylic acid groups (broad SMARTS) is 1. The fourth-order valence-electron chi connectivity index (χ4n) is 2.05. The molecule has 0 bridgehead atoms. The minimum atomic E-state index is -0.779. The van der Waals surface area contributed by atoms with Gasteiger partial charge in [0.25, 0.3) is 0 Å². The molecule has 2 rings (SSSR count). The Bertz CT molecular complexity index is 527. The fraction of sp³-hybridized carbons (Fsp3) is 0.333. The summed E-state index contributed by atoms with van der Waals surface area (Å²) in [5, 5.41) is 9.24. The molecule has 4 heteroatoms. The lowest BCUT2D eigenvalue weighted by Crippen LogP contribution is -2.19. The number of carbonyl (C=O) groups is 2. The van der Waals surface area contributed by atoms with Gasteiger partial charge in [-0.1, -0.05) is 24.3 Å². The van der Waals surface area contributed by atoms with Gasteiger partial charge < -0.3 is 9.84 Å². The van der Waals surface area contributed by atoms with E-state index in [2.05, 4.69) is 0 Å². The van der Waals surface area contributed by atoms with Crippen molar-refractivity contribution in [2.75, 3.05) is 6.61 Å². The molecule has 100 valence electrons. The summed E-state index contributed by atoms with van der Waals surface area (Å²) in [4.78, 5) is 22.5. The smallest absolute Gasteiger partial charge is 0.330 e. The van der Waals surface area contributed by atoms with Crippen LogP contribution in [0.2, 0.25) is 0 Å². The standard InChI is InChI=1S/C15H16O4/c1-2-19-13(16)7-6-11-4-3-5-12(10-11)15(8-9-15)14(17)18/h3-7,10H,2,8-9H2,1H3,(H,17,18). The predicted octanol–water partition coefficient (Wildman–Crippen LogP) is 2.38. The molecule has 0 aliphatic heterocycles. The normalized spacial score (nSPS) is 16.3. The Balaban J connectivity index is 2.17. The molecule has 1 N–H and O–H groups in total. The zero-order chi connectivity index (χ0) is 13.9. The molecule has 1 fully saturated rings. The molecule has 0 aromatic heterocycles. The monoisotopic (exact) mass is 260 g/mol. The summed E-state index contributed by atoms with van der Waals surface area (Å²) in [7, 11) is 0. The molecule has 1 aromatic carbocycles. The predicted molar refractivity (Wildman–Crippen MR) is 70.7 cm³/mol. The highest BCUT2D eigenvalue weighted by atomic mass is 16.5. The molecule has 1 aromatic rings. The SMILES string of the molecule is CCOC(=O)C=Cc1cccc(C2(C(=O)O)CC2)c1. The molecule has 1 aliphatic carbocycles. The van der Waals surface area contributed by atoms with Crippen molar-refractivity contribution in [3.05, 3.63) is 41.5 Å². The summed E-state index contributed by atoms with van der Waals surface area (Å²) < 4.78 is 4.79. The minimum Gasteiger partial charge on any atom is -0.481 e. The van der Waals surface area contributed by atoms with Gasteiger partial charge in [-0.3, -0.25) is 4.79 Å². The lowest BCUT2D eigenvalue weighted by Gasteiger charge is -2.10. The molecule has 19 heavy (non-hydrogen) atoms. The van der Waals surface area contributed by atoms with E-state index in [4.69, 9.17) is 4.74 Å². The first kappa shape index (κ1) is 13.3. The van der Waals surface area contributed by atoms with E-state index in [9.17, 15) is 14.7 Å². The van der Waals surface area contributed by atoms with Crippen LogP contribution in [0.3, 0.4) is 0 Å². The van der Waals surface area contributed by atoms with E-state index in [1.54, 1.807) is 13.0 Å². The van der Waals surface area contributed by atoms with Gasteiger partial charge in [0.1, 0.15) is 0 Å². The second-order valence-electron chi connectivity index (χ2n) is 4.60. The van der Waals surface area contributed by atoms with Crippen LogP contribution in [0, 0.1) is 0 Å². The van der Waals surface area contributed by atoms with E-state index in [0.29, 0.717) is 19.4 Å². The lowest BCUT2D eigenvalue weighted by atomic mass is 9.94. The van der Waals surface area contributed by atoms with Gasteiger partial charge in [0.15, 0.2) is 0 Å². The number of rotatable bonds is 5. The van der Waals surface area contributed by atoms with Crippen LogP contribution in [0.5, 0.6) is 0 Å². The lowest BCUT2D eigenvalue weighted by molar-refractivity contribution is -0.140. The van der Waals surface area contributed by atoms with Crippen LogP contribution in [0.1, 0.15) is 30.9 Å². The van der Waals surface area contributed by atoms with Crippen molar-refractivity contribution >= 4 is 18.0 Å². The maximum atomic E-state index is 11.3. The molecule has 0 amide bonds. The van der Waals surface area contributed by atoms with Crippen LogP contribution in [-0.4, -0.2) is 23.7 Å². The molecule has 4 nitrogen and oxygen atoms in total. The Hall–Kier alpha value is -2.10. The van der Waals surface area contributed by atoms with Crippen LogP contribution in [0.25, 0.3) is 6.08 Å². The average molecular weight is 260 g/mol. The zero-order valence-corrected chi connectivity index (χ0v) is 10.8. The molecule has 1 aliphatic rings. The molecule has 0 saturated heterocycles. The van der Waals surface area contributed by atoms with Crippen molar-refractivity contribution in [2.24, 2.45) is 0 Å². The molecule has 1 saturated carbocycles. The van der Waals surface area contributed by atoms with Crippen LogP contribution in [-0.2, 0) is 19.7 Å². The van der Waals surface area contributed by atoms with Crippen molar-refractivity contribution in [3.63, 3.8) is 0 Å². The van der Waals surface area contributed by atoms with Crippen LogP contribution in [0.15, 0.2) is 30.3 Å². The number of hydrogen-bond acceptors (Lipinski definition) is 3. The largest absolute Gasteiger partial charge is 0.481 e. The number of hydrogen-bond donors (Lipinski definition) is 1. The molecular formula is C15H16O4. The molecular weight excluding hydrogens is 244 g/mol. The van der Waals surface area contributed by atoms with Gasteiger partial charge in [-0.25, -0.2) is 4.79 Å². The number of carbonyl (C=O) groups excluding carboxylic acids is 1. The summed E-state index contributed by atoms with van der Waals surface area (Å²) in [5.41, 5.74) is 0.886. The quantitative estimate of drug-likeness (QED) is 0.652. The maximum Gasteiger partial charge on any atom is 0.330 e. The number of benzene rings is 1. The van der Waals surface area contributed by atoms with Crippen molar-refractivity contribution in [2.45, 2.75) is 25.2 Å². The zero-order valence-electron chi connectivity index (χ0n) is 10.8. The minimum absolute atomic E-state index is 0.339. The first-order chi connectivity index (χ1) is 9.08. The van der Waals surface area contributed by atoms with E-state index < -0.39 is 17.4 Å². The molecule has 0 unspecified atom stereocenters. The molecule has 0 spiro atoms. The Kier molecular flexibility index (Phi) is 3.69. The summed E-state index contributed by atoms with van der Waals surface area (Å²) in [5.74, 6) is -1.17. The molecule has 0 atom stereocenters. The van der Waals surface area contributed by atoms with E-state index >= 15 is 0 Å². The van der Waals surface area contributed by atoms with Crippen molar-refractivity contribution in [3.8, 4) is 0 Å².